The largest absolute Gasteiger partial charge is 0.497 e. The highest BCUT2D eigenvalue weighted by Crippen LogP contribution is 2.41. The number of hydrogen-bond acceptors (Lipinski definition) is 8. The maximum absolute atomic E-state index is 12.5. The molecule has 10 heteroatoms. The molecule has 1 amide bonds. The van der Waals surface area contributed by atoms with Crippen molar-refractivity contribution in [3.05, 3.63) is 63.7 Å². The molecule has 176 valence electrons. The van der Waals surface area contributed by atoms with Gasteiger partial charge in [-0.05, 0) is 48.6 Å². The lowest BCUT2D eigenvalue weighted by Gasteiger charge is -2.19. The fourth-order valence-electron chi connectivity index (χ4n) is 3.39. The lowest BCUT2D eigenvalue weighted by molar-refractivity contribution is -0.384. The molecule has 0 bridgehead atoms. The summed E-state index contributed by atoms with van der Waals surface area (Å²) in [5.41, 5.74) is 0.933. The standard InChI is InChI=1S/C23H27N3O7/c1-31-12-11-24-19-10-7-17(13-20(19)26(29)30)23(28)33-14-21(27)25-22(15-3-4-15)16-5-8-18(32-2)9-6-16/h5-10,13,15,22,24H,3-4,11-12,14H2,1-2H3,(H,25,27). The maximum atomic E-state index is 12.5. The van der Waals surface area contributed by atoms with Crippen LogP contribution in [-0.4, -0.2) is 50.8 Å². The third kappa shape index (κ3) is 6.66. The van der Waals surface area contributed by atoms with Gasteiger partial charge in [0.1, 0.15) is 11.4 Å². The van der Waals surface area contributed by atoms with Gasteiger partial charge in [0.2, 0.25) is 0 Å². The van der Waals surface area contributed by atoms with Gasteiger partial charge < -0.3 is 24.8 Å². The van der Waals surface area contributed by atoms with Gasteiger partial charge in [-0.3, -0.25) is 14.9 Å². The molecule has 1 unspecified atom stereocenters. The van der Waals surface area contributed by atoms with Crippen LogP contribution in [0, 0.1) is 16.0 Å². The van der Waals surface area contributed by atoms with E-state index in [9.17, 15) is 19.7 Å². The van der Waals surface area contributed by atoms with Crippen LogP contribution in [0.1, 0.15) is 34.8 Å². The van der Waals surface area contributed by atoms with Gasteiger partial charge in [-0.15, -0.1) is 0 Å². The molecule has 33 heavy (non-hydrogen) atoms. The predicted octanol–water partition coefficient (Wildman–Crippen LogP) is 3.09. The Hall–Kier alpha value is -3.66. The Morgan fingerprint density at radius 1 is 1.15 bits per heavy atom. The van der Waals surface area contributed by atoms with E-state index >= 15 is 0 Å². The summed E-state index contributed by atoms with van der Waals surface area (Å²) in [6, 6.07) is 11.2. The van der Waals surface area contributed by atoms with E-state index in [0.717, 1.165) is 30.2 Å². The molecular formula is C23H27N3O7. The van der Waals surface area contributed by atoms with Crippen molar-refractivity contribution in [1.82, 2.24) is 5.32 Å². The molecule has 2 N–H and O–H groups in total. The van der Waals surface area contributed by atoms with Crippen LogP contribution in [0.3, 0.4) is 0 Å². The molecule has 0 heterocycles. The van der Waals surface area contributed by atoms with Crippen molar-refractivity contribution in [1.29, 1.82) is 0 Å². The molecule has 0 saturated heterocycles. The number of nitrogens with one attached hydrogen (secondary N) is 2. The lowest BCUT2D eigenvalue weighted by Crippen LogP contribution is -2.33. The third-order valence-corrected chi connectivity index (χ3v) is 5.27. The second-order valence-corrected chi connectivity index (χ2v) is 7.64. The van der Waals surface area contributed by atoms with Gasteiger partial charge in [-0.2, -0.15) is 0 Å². The molecular weight excluding hydrogens is 430 g/mol. The Morgan fingerprint density at radius 3 is 2.48 bits per heavy atom. The number of carbonyl (C=O) groups is 2. The minimum atomic E-state index is -0.816. The van der Waals surface area contributed by atoms with Crippen molar-refractivity contribution >= 4 is 23.3 Å². The van der Waals surface area contributed by atoms with Crippen molar-refractivity contribution < 1.29 is 28.7 Å². The first-order valence-electron chi connectivity index (χ1n) is 10.5. The fraction of sp³-hybridized carbons (Fsp3) is 0.391. The molecule has 0 aromatic heterocycles. The predicted molar refractivity (Wildman–Crippen MR) is 120 cm³/mol. The number of benzene rings is 2. The Kier molecular flexibility index (Phi) is 8.20. The normalized spacial score (nSPS) is 13.6. The Balaban J connectivity index is 1.59. The van der Waals surface area contributed by atoms with Crippen molar-refractivity contribution in [3.63, 3.8) is 0 Å². The number of amides is 1. The summed E-state index contributed by atoms with van der Waals surface area (Å²) in [5.74, 6) is -0.200. The van der Waals surface area contributed by atoms with E-state index in [1.807, 2.05) is 24.3 Å². The number of ether oxygens (including phenoxy) is 3. The average Bonchev–Trinajstić information content (AvgIpc) is 3.66. The summed E-state index contributed by atoms with van der Waals surface area (Å²) in [6.45, 7) is 0.256. The van der Waals surface area contributed by atoms with Crippen LogP contribution in [-0.2, 0) is 14.3 Å². The SMILES string of the molecule is COCCNc1ccc(C(=O)OCC(=O)NC(c2ccc(OC)cc2)C2CC2)cc1[N+](=O)[O-]. The molecule has 2 aromatic carbocycles. The van der Waals surface area contributed by atoms with E-state index in [1.165, 1.54) is 19.2 Å². The van der Waals surface area contributed by atoms with Crippen LogP contribution in [0.15, 0.2) is 42.5 Å². The molecule has 0 radical (unpaired) electrons. The maximum Gasteiger partial charge on any atom is 0.338 e. The summed E-state index contributed by atoms with van der Waals surface area (Å²) in [4.78, 5) is 35.6. The van der Waals surface area contributed by atoms with Crippen LogP contribution in [0.25, 0.3) is 0 Å². The highest BCUT2D eigenvalue weighted by molar-refractivity contribution is 5.93. The zero-order chi connectivity index (χ0) is 23.8. The number of hydrogen-bond donors (Lipinski definition) is 2. The van der Waals surface area contributed by atoms with Gasteiger partial charge in [-0.25, -0.2) is 4.79 Å². The molecule has 1 fully saturated rings. The Bertz CT molecular complexity index is 990. The monoisotopic (exact) mass is 457 g/mol. The van der Waals surface area contributed by atoms with Crippen molar-refractivity contribution in [2.75, 3.05) is 39.3 Å². The molecule has 3 rings (SSSR count). The number of nitro benzene ring substituents is 1. The highest BCUT2D eigenvalue weighted by atomic mass is 16.6. The van der Waals surface area contributed by atoms with Crippen molar-refractivity contribution in [2.45, 2.75) is 18.9 Å². The summed E-state index contributed by atoms with van der Waals surface area (Å²) >= 11 is 0. The molecule has 2 aromatic rings. The first kappa shape index (κ1) is 24.0. The summed E-state index contributed by atoms with van der Waals surface area (Å²) < 4.78 is 15.2. The number of methoxy groups -OCH3 is 2. The van der Waals surface area contributed by atoms with Crippen molar-refractivity contribution in [2.24, 2.45) is 5.92 Å². The first-order valence-corrected chi connectivity index (χ1v) is 10.5. The van der Waals surface area contributed by atoms with E-state index in [0.29, 0.717) is 19.1 Å². The molecule has 1 aliphatic carbocycles. The van der Waals surface area contributed by atoms with Crippen LogP contribution >= 0.6 is 0 Å². The van der Waals surface area contributed by atoms with Gasteiger partial charge in [-0.1, -0.05) is 12.1 Å². The topological polar surface area (TPSA) is 129 Å². The Labute approximate surface area is 191 Å². The molecule has 10 nitrogen and oxygen atoms in total. The van der Waals surface area contributed by atoms with Crippen LogP contribution in [0.4, 0.5) is 11.4 Å². The zero-order valence-electron chi connectivity index (χ0n) is 18.5. The van der Waals surface area contributed by atoms with Crippen LogP contribution in [0.2, 0.25) is 0 Å². The quantitative estimate of drug-likeness (QED) is 0.215. The van der Waals surface area contributed by atoms with Gasteiger partial charge in [0, 0.05) is 19.7 Å². The summed E-state index contributed by atoms with van der Waals surface area (Å²) in [6.07, 6.45) is 2.01. The van der Waals surface area contributed by atoms with Crippen LogP contribution < -0.4 is 15.4 Å². The van der Waals surface area contributed by atoms with Gasteiger partial charge in [0.25, 0.3) is 11.6 Å². The second-order valence-electron chi connectivity index (χ2n) is 7.64. The second kappa shape index (κ2) is 11.3. The van der Waals surface area contributed by atoms with E-state index in [-0.39, 0.29) is 23.0 Å². The van der Waals surface area contributed by atoms with Gasteiger partial charge in [0.15, 0.2) is 6.61 Å². The van der Waals surface area contributed by atoms with Crippen LogP contribution in [0.5, 0.6) is 5.75 Å². The number of nitrogens with zero attached hydrogens (tertiary/aromatic N) is 1. The first-order chi connectivity index (χ1) is 15.9. The van der Waals surface area contributed by atoms with E-state index < -0.39 is 23.4 Å². The fourth-order valence-corrected chi connectivity index (χ4v) is 3.39. The summed E-state index contributed by atoms with van der Waals surface area (Å²) in [5, 5.41) is 17.2. The number of nitro groups is 1. The van der Waals surface area contributed by atoms with Gasteiger partial charge >= 0.3 is 5.97 Å². The average molecular weight is 457 g/mol. The van der Waals surface area contributed by atoms with E-state index in [2.05, 4.69) is 10.6 Å². The highest BCUT2D eigenvalue weighted by Gasteiger charge is 2.33. The van der Waals surface area contributed by atoms with Crippen molar-refractivity contribution in [3.8, 4) is 5.75 Å². The minimum absolute atomic E-state index is 0.0133. The number of esters is 1. The number of carbonyl (C=O) groups excluding carboxylic acids is 2. The molecule has 1 atom stereocenters. The van der Waals surface area contributed by atoms with E-state index in [4.69, 9.17) is 14.2 Å². The van der Waals surface area contributed by atoms with Gasteiger partial charge in [0.05, 0.1) is 30.2 Å². The number of anilines is 1. The third-order valence-electron chi connectivity index (χ3n) is 5.27. The summed E-state index contributed by atoms with van der Waals surface area (Å²) in [7, 11) is 3.11. The molecule has 0 spiro atoms. The smallest absolute Gasteiger partial charge is 0.338 e. The lowest BCUT2D eigenvalue weighted by atomic mass is 10.0. The zero-order valence-corrected chi connectivity index (χ0v) is 18.5. The molecule has 0 aliphatic heterocycles. The molecule has 1 saturated carbocycles. The Morgan fingerprint density at radius 2 is 1.88 bits per heavy atom. The minimum Gasteiger partial charge on any atom is -0.497 e. The molecule has 1 aliphatic rings. The number of rotatable bonds is 12. The van der Waals surface area contributed by atoms with E-state index in [1.54, 1.807) is 7.11 Å².